The van der Waals surface area contributed by atoms with E-state index in [1.54, 1.807) is 7.11 Å². The molecule has 1 heterocycles. The summed E-state index contributed by atoms with van der Waals surface area (Å²) in [5.41, 5.74) is 10.7. The van der Waals surface area contributed by atoms with Crippen molar-refractivity contribution in [2.45, 2.75) is 0 Å². The second kappa shape index (κ2) is 5.05. The van der Waals surface area contributed by atoms with Crippen molar-refractivity contribution in [2.24, 2.45) is 0 Å². The van der Waals surface area contributed by atoms with E-state index in [4.69, 9.17) is 15.2 Å². The highest BCUT2D eigenvalue weighted by atomic mass is 16.5. The lowest BCUT2D eigenvalue weighted by atomic mass is 10.2. The Hall–Kier alpha value is -1.46. The molecule has 0 bridgehead atoms. The van der Waals surface area contributed by atoms with Gasteiger partial charge in [-0.1, -0.05) is 0 Å². The van der Waals surface area contributed by atoms with Gasteiger partial charge in [0.15, 0.2) is 0 Å². The molecule has 1 fully saturated rings. The summed E-state index contributed by atoms with van der Waals surface area (Å²) in [7, 11) is 1.64. The van der Waals surface area contributed by atoms with E-state index in [1.165, 1.54) is 0 Å². The number of anilines is 2. The fraction of sp³-hybridized carbons (Fsp3) is 0.455. The van der Waals surface area contributed by atoms with Crippen LogP contribution >= 0.6 is 0 Å². The van der Waals surface area contributed by atoms with Gasteiger partial charge >= 0.3 is 0 Å². The second-order valence-corrected chi connectivity index (χ2v) is 3.66. The lowest BCUT2D eigenvalue weighted by Gasteiger charge is -2.28. The molecule has 3 N–H and O–H groups in total. The van der Waals surface area contributed by atoms with Gasteiger partial charge in [-0.2, -0.15) is 0 Å². The molecule has 5 heteroatoms. The fourth-order valence-electron chi connectivity index (χ4n) is 1.60. The van der Waals surface area contributed by atoms with Crippen LogP contribution in [0, 0.1) is 0 Å². The quantitative estimate of drug-likeness (QED) is 0.747. The van der Waals surface area contributed by atoms with Crippen molar-refractivity contribution in [3.8, 4) is 5.75 Å². The molecule has 1 saturated heterocycles. The fourth-order valence-corrected chi connectivity index (χ4v) is 1.60. The zero-order valence-corrected chi connectivity index (χ0v) is 9.40. The molecule has 1 aliphatic heterocycles. The number of hydrazine groups is 1. The van der Waals surface area contributed by atoms with Crippen molar-refractivity contribution in [1.29, 1.82) is 0 Å². The number of methoxy groups -OCH3 is 1. The van der Waals surface area contributed by atoms with Gasteiger partial charge in [-0.3, -0.25) is 0 Å². The Morgan fingerprint density at radius 1 is 1.38 bits per heavy atom. The SMILES string of the molecule is COc1ccc(N)c(NN2CCOCC2)c1. The van der Waals surface area contributed by atoms with E-state index >= 15 is 0 Å². The number of nitrogens with zero attached hydrogens (tertiary/aromatic N) is 1. The molecule has 0 atom stereocenters. The van der Waals surface area contributed by atoms with Crippen LogP contribution in [0.1, 0.15) is 0 Å². The van der Waals surface area contributed by atoms with E-state index in [1.807, 2.05) is 18.2 Å². The Morgan fingerprint density at radius 2 is 2.12 bits per heavy atom. The van der Waals surface area contributed by atoms with Gasteiger partial charge in [-0.25, -0.2) is 5.01 Å². The molecule has 0 radical (unpaired) electrons. The maximum atomic E-state index is 5.89. The van der Waals surface area contributed by atoms with Crippen molar-refractivity contribution in [3.63, 3.8) is 0 Å². The minimum absolute atomic E-state index is 0.715. The topological polar surface area (TPSA) is 59.8 Å². The summed E-state index contributed by atoms with van der Waals surface area (Å²) < 4.78 is 10.4. The summed E-state index contributed by atoms with van der Waals surface area (Å²) in [6, 6.07) is 5.58. The van der Waals surface area contributed by atoms with Crippen LogP contribution in [-0.4, -0.2) is 38.4 Å². The Kier molecular flexibility index (Phi) is 3.48. The van der Waals surface area contributed by atoms with Crippen LogP contribution in [0.15, 0.2) is 18.2 Å². The molecule has 16 heavy (non-hydrogen) atoms. The van der Waals surface area contributed by atoms with Crippen molar-refractivity contribution in [2.75, 3.05) is 44.6 Å². The van der Waals surface area contributed by atoms with Gasteiger partial charge in [0, 0.05) is 19.2 Å². The summed E-state index contributed by atoms with van der Waals surface area (Å²) in [6.07, 6.45) is 0. The minimum atomic E-state index is 0.715. The Labute approximate surface area is 95.1 Å². The molecule has 1 aliphatic rings. The number of nitrogen functional groups attached to an aromatic ring is 1. The third kappa shape index (κ3) is 2.56. The summed E-state index contributed by atoms with van der Waals surface area (Å²) in [6.45, 7) is 3.21. The average molecular weight is 223 g/mol. The standard InChI is InChI=1S/C11H17N3O2/c1-15-9-2-3-10(12)11(8-9)13-14-4-6-16-7-5-14/h2-3,8,13H,4-7,12H2,1H3. The molecule has 0 saturated carbocycles. The summed E-state index contributed by atoms with van der Waals surface area (Å²) in [5, 5.41) is 2.09. The van der Waals surface area contributed by atoms with Crippen LogP contribution in [-0.2, 0) is 4.74 Å². The maximum Gasteiger partial charge on any atom is 0.121 e. The maximum absolute atomic E-state index is 5.89. The predicted octanol–water partition coefficient (Wildman–Crippen LogP) is 0.936. The predicted molar refractivity (Wildman–Crippen MR) is 63.4 cm³/mol. The molecular formula is C11H17N3O2. The molecule has 0 aliphatic carbocycles. The van der Waals surface area contributed by atoms with Crippen LogP contribution in [0.3, 0.4) is 0 Å². The van der Waals surface area contributed by atoms with Gasteiger partial charge in [-0.05, 0) is 12.1 Å². The molecule has 88 valence electrons. The monoisotopic (exact) mass is 223 g/mol. The minimum Gasteiger partial charge on any atom is -0.497 e. The lowest BCUT2D eigenvalue weighted by molar-refractivity contribution is 0.0497. The summed E-state index contributed by atoms with van der Waals surface area (Å²) in [4.78, 5) is 0. The van der Waals surface area contributed by atoms with Crippen LogP contribution < -0.4 is 15.9 Å². The summed E-state index contributed by atoms with van der Waals surface area (Å²) in [5.74, 6) is 0.796. The van der Waals surface area contributed by atoms with E-state index in [-0.39, 0.29) is 0 Å². The highest BCUT2D eigenvalue weighted by Gasteiger charge is 2.11. The number of ether oxygens (including phenoxy) is 2. The average Bonchev–Trinajstić information content (AvgIpc) is 2.33. The van der Waals surface area contributed by atoms with Crippen molar-refractivity contribution < 1.29 is 9.47 Å². The lowest BCUT2D eigenvalue weighted by Crippen LogP contribution is -2.40. The molecule has 0 aromatic heterocycles. The Morgan fingerprint density at radius 3 is 2.81 bits per heavy atom. The van der Waals surface area contributed by atoms with Crippen molar-refractivity contribution in [3.05, 3.63) is 18.2 Å². The highest BCUT2D eigenvalue weighted by Crippen LogP contribution is 2.24. The molecule has 1 aromatic carbocycles. The van der Waals surface area contributed by atoms with Crippen LogP contribution in [0.2, 0.25) is 0 Å². The molecule has 0 amide bonds. The van der Waals surface area contributed by atoms with Crippen LogP contribution in [0.25, 0.3) is 0 Å². The van der Waals surface area contributed by atoms with Crippen molar-refractivity contribution in [1.82, 2.24) is 5.01 Å². The number of hydrogen-bond donors (Lipinski definition) is 2. The first-order valence-electron chi connectivity index (χ1n) is 5.32. The molecule has 1 aromatic rings. The largest absolute Gasteiger partial charge is 0.497 e. The number of rotatable bonds is 3. The van der Waals surface area contributed by atoms with Crippen LogP contribution in [0.5, 0.6) is 5.75 Å². The van der Waals surface area contributed by atoms with E-state index in [0.29, 0.717) is 5.69 Å². The second-order valence-electron chi connectivity index (χ2n) is 3.66. The first-order valence-corrected chi connectivity index (χ1v) is 5.32. The molecule has 2 rings (SSSR count). The third-order valence-corrected chi connectivity index (χ3v) is 2.55. The molecule has 5 nitrogen and oxygen atoms in total. The van der Waals surface area contributed by atoms with Gasteiger partial charge in [0.05, 0.1) is 31.7 Å². The van der Waals surface area contributed by atoms with Gasteiger partial charge in [0.25, 0.3) is 0 Å². The number of hydrogen-bond acceptors (Lipinski definition) is 5. The number of benzene rings is 1. The smallest absolute Gasteiger partial charge is 0.121 e. The van der Waals surface area contributed by atoms with E-state index < -0.39 is 0 Å². The zero-order valence-electron chi connectivity index (χ0n) is 9.40. The number of morpholine rings is 1. The third-order valence-electron chi connectivity index (χ3n) is 2.55. The first kappa shape index (κ1) is 11.0. The first-order chi connectivity index (χ1) is 7.79. The number of nitrogens with one attached hydrogen (secondary N) is 1. The molecule has 0 spiro atoms. The van der Waals surface area contributed by atoms with E-state index in [0.717, 1.165) is 37.7 Å². The van der Waals surface area contributed by atoms with E-state index in [2.05, 4.69) is 10.4 Å². The molecule has 0 unspecified atom stereocenters. The normalized spacial score (nSPS) is 17.1. The van der Waals surface area contributed by atoms with E-state index in [9.17, 15) is 0 Å². The summed E-state index contributed by atoms with van der Waals surface area (Å²) >= 11 is 0. The van der Waals surface area contributed by atoms with Gasteiger partial charge in [0.1, 0.15) is 5.75 Å². The number of nitrogens with two attached hydrogens (primary N) is 1. The highest BCUT2D eigenvalue weighted by molar-refractivity contribution is 5.67. The van der Waals surface area contributed by atoms with Crippen LogP contribution in [0.4, 0.5) is 11.4 Å². The molecular weight excluding hydrogens is 206 g/mol. The van der Waals surface area contributed by atoms with Gasteiger partial charge < -0.3 is 20.6 Å². The van der Waals surface area contributed by atoms with Gasteiger partial charge in [0.2, 0.25) is 0 Å². The Bertz CT molecular complexity index is 351. The zero-order chi connectivity index (χ0) is 11.4. The van der Waals surface area contributed by atoms with Gasteiger partial charge in [-0.15, -0.1) is 0 Å². The Balaban J connectivity index is 2.06. The van der Waals surface area contributed by atoms with Crippen molar-refractivity contribution >= 4 is 11.4 Å².